The van der Waals surface area contributed by atoms with Gasteiger partial charge in [0.15, 0.2) is 17.5 Å². The zero-order chi connectivity index (χ0) is 17.8. The molecule has 0 saturated carbocycles. The molecule has 25 heavy (non-hydrogen) atoms. The molecule has 7 heteroatoms. The Morgan fingerprint density at radius 3 is 2.56 bits per heavy atom. The molecule has 6 nitrogen and oxygen atoms in total. The fourth-order valence-corrected chi connectivity index (χ4v) is 2.31. The van der Waals surface area contributed by atoms with E-state index in [0.29, 0.717) is 38.5 Å². The SMILES string of the molecule is C=CCc1cc(CNC(=NC)NCCOCC)cc(OC)c1OC.I. The van der Waals surface area contributed by atoms with Crippen LogP contribution in [0.15, 0.2) is 29.8 Å². The minimum atomic E-state index is 0. The largest absolute Gasteiger partial charge is 0.493 e. The fraction of sp³-hybridized carbons (Fsp3) is 0.500. The van der Waals surface area contributed by atoms with Gasteiger partial charge in [-0.2, -0.15) is 0 Å². The molecule has 0 spiro atoms. The van der Waals surface area contributed by atoms with Crippen molar-refractivity contribution >= 4 is 29.9 Å². The smallest absolute Gasteiger partial charge is 0.191 e. The molecular weight excluding hydrogens is 433 g/mol. The van der Waals surface area contributed by atoms with Crippen LogP contribution in [0, 0.1) is 0 Å². The van der Waals surface area contributed by atoms with Crippen LogP contribution in [0.2, 0.25) is 0 Å². The van der Waals surface area contributed by atoms with Crippen molar-refractivity contribution < 1.29 is 14.2 Å². The lowest BCUT2D eigenvalue weighted by Crippen LogP contribution is -2.38. The van der Waals surface area contributed by atoms with Crippen molar-refractivity contribution in [3.8, 4) is 11.5 Å². The zero-order valence-electron chi connectivity index (χ0n) is 15.6. The number of hydrogen-bond donors (Lipinski definition) is 2. The average Bonchev–Trinajstić information content (AvgIpc) is 2.61. The van der Waals surface area contributed by atoms with E-state index in [4.69, 9.17) is 14.2 Å². The van der Waals surface area contributed by atoms with Crippen molar-refractivity contribution in [2.45, 2.75) is 19.9 Å². The Hall–Kier alpha value is -1.48. The van der Waals surface area contributed by atoms with Gasteiger partial charge in [-0.15, -0.1) is 30.6 Å². The highest BCUT2D eigenvalue weighted by Gasteiger charge is 2.11. The number of nitrogens with zero attached hydrogens (tertiary/aromatic N) is 1. The molecule has 1 aromatic rings. The topological polar surface area (TPSA) is 64.1 Å². The van der Waals surface area contributed by atoms with Crippen LogP contribution in [-0.2, 0) is 17.7 Å². The summed E-state index contributed by atoms with van der Waals surface area (Å²) in [5, 5.41) is 6.49. The molecule has 1 aromatic carbocycles. The maximum absolute atomic E-state index is 5.45. The van der Waals surface area contributed by atoms with Gasteiger partial charge >= 0.3 is 0 Å². The number of aliphatic imine (C=N–C) groups is 1. The number of methoxy groups -OCH3 is 2. The predicted octanol–water partition coefficient (Wildman–Crippen LogP) is 2.75. The fourth-order valence-electron chi connectivity index (χ4n) is 2.31. The second kappa shape index (κ2) is 13.8. The van der Waals surface area contributed by atoms with E-state index >= 15 is 0 Å². The van der Waals surface area contributed by atoms with Crippen LogP contribution in [0.5, 0.6) is 11.5 Å². The highest BCUT2D eigenvalue weighted by atomic mass is 127. The Bertz CT molecular complexity index is 551. The summed E-state index contributed by atoms with van der Waals surface area (Å²) in [4.78, 5) is 4.20. The Kier molecular flexibility index (Phi) is 13.0. The molecule has 0 fully saturated rings. The van der Waals surface area contributed by atoms with E-state index in [0.717, 1.165) is 22.8 Å². The van der Waals surface area contributed by atoms with E-state index in [1.807, 2.05) is 19.1 Å². The second-order valence-corrected chi connectivity index (χ2v) is 5.03. The third-order valence-corrected chi connectivity index (χ3v) is 3.41. The lowest BCUT2D eigenvalue weighted by molar-refractivity contribution is 0.152. The molecule has 142 valence electrons. The molecule has 0 bridgehead atoms. The maximum Gasteiger partial charge on any atom is 0.191 e. The van der Waals surface area contributed by atoms with E-state index < -0.39 is 0 Å². The monoisotopic (exact) mass is 463 g/mol. The third-order valence-electron chi connectivity index (χ3n) is 3.41. The lowest BCUT2D eigenvalue weighted by Gasteiger charge is -2.16. The summed E-state index contributed by atoms with van der Waals surface area (Å²) < 4.78 is 16.2. The minimum Gasteiger partial charge on any atom is -0.493 e. The molecule has 0 saturated heterocycles. The van der Waals surface area contributed by atoms with E-state index in [2.05, 4.69) is 28.3 Å². The first-order chi connectivity index (χ1) is 11.7. The lowest BCUT2D eigenvalue weighted by atomic mass is 10.1. The van der Waals surface area contributed by atoms with Crippen LogP contribution < -0.4 is 20.1 Å². The summed E-state index contributed by atoms with van der Waals surface area (Å²) in [5.41, 5.74) is 2.13. The molecule has 0 aliphatic carbocycles. The predicted molar refractivity (Wildman–Crippen MR) is 114 cm³/mol. The molecule has 0 aliphatic rings. The molecule has 0 radical (unpaired) electrons. The quantitative estimate of drug-likeness (QED) is 0.184. The van der Waals surface area contributed by atoms with Gasteiger partial charge in [0.2, 0.25) is 0 Å². The molecule has 1 rings (SSSR count). The first-order valence-corrected chi connectivity index (χ1v) is 8.07. The van der Waals surface area contributed by atoms with Gasteiger partial charge in [-0.3, -0.25) is 4.99 Å². The number of allylic oxidation sites excluding steroid dienone is 1. The van der Waals surface area contributed by atoms with Gasteiger partial charge in [-0.1, -0.05) is 6.08 Å². The molecule has 2 N–H and O–H groups in total. The Balaban J connectivity index is 0.00000576. The van der Waals surface area contributed by atoms with Gasteiger partial charge in [0.05, 0.1) is 20.8 Å². The first-order valence-electron chi connectivity index (χ1n) is 8.07. The minimum absolute atomic E-state index is 0. The molecule has 0 aromatic heterocycles. The Morgan fingerprint density at radius 2 is 2.00 bits per heavy atom. The Morgan fingerprint density at radius 1 is 1.24 bits per heavy atom. The second-order valence-electron chi connectivity index (χ2n) is 5.03. The summed E-state index contributed by atoms with van der Waals surface area (Å²) in [7, 11) is 5.03. The van der Waals surface area contributed by atoms with E-state index in [-0.39, 0.29) is 24.0 Å². The van der Waals surface area contributed by atoms with Crippen molar-refractivity contribution in [2.24, 2.45) is 4.99 Å². The first kappa shape index (κ1) is 23.5. The molecule has 0 amide bonds. The third kappa shape index (κ3) is 7.96. The van der Waals surface area contributed by atoms with Crippen molar-refractivity contribution in [1.29, 1.82) is 0 Å². The van der Waals surface area contributed by atoms with E-state index in [1.54, 1.807) is 21.3 Å². The van der Waals surface area contributed by atoms with Gasteiger partial charge in [0.1, 0.15) is 0 Å². The van der Waals surface area contributed by atoms with Crippen LogP contribution in [0.25, 0.3) is 0 Å². The van der Waals surface area contributed by atoms with E-state index in [9.17, 15) is 0 Å². The van der Waals surface area contributed by atoms with Crippen LogP contribution in [0.4, 0.5) is 0 Å². The van der Waals surface area contributed by atoms with Crippen LogP contribution in [0.1, 0.15) is 18.1 Å². The van der Waals surface area contributed by atoms with E-state index in [1.165, 1.54) is 0 Å². The van der Waals surface area contributed by atoms with Crippen molar-refractivity contribution in [2.75, 3.05) is 41.0 Å². The highest BCUT2D eigenvalue weighted by Crippen LogP contribution is 2.33. The van der Waals surface area contributed by atoms with Gasteiger partial charge in [0.25, 0.3) is 0 Å². The number of halogens is 1. The summed E-state index contributed by atoms with van der Waals surface area (Å²) in [6, 6.07) is 4.05. The zero-order valence-corrected chi connectivity index (χ0v) is 17.9. The van der Waals surface area contributed by atoms with Gasteiger partial charge in [0, 0.05) is 32.3 Å². The van der Waals surface area contributed by atoms with Crippen LogP contribution >= 0.6 is 24.0 Å². The van der Waals surface area contributed by atoms with Gasteiger partial charge in [-0.05, 0) is 31.0 Å². The van der Waals surface area contributed by atoms with Crippen LogP contribution in [0.3, 0.4) is 0 Å². The van der Waals surface area contributed by atoms with Gasteiger partial charge < -0.3 is 24.8 Å². The number of rotatable bonds is 10. The number of nitrogens with one attached hydrogen (secondary N) is 2. The molecule has 0 atom stereocenters. The number of benzene rings is 1. The number of guanidine groups is 1. The maximum atomic E-state index is 5.45. The summed E-state index contributed by atoms with van der Waals surface area (Å²) in [5.74, 6) is 2.20. The molecular formula is C18H30IN3O3. The average molecular weight is 463 g/mol. The summed E-state index contributed by atoms with van der Waals surface area (Å²) >= 11 is 0. The van der Waals surface area contributed by atoms with Crippen molar-refractivity contribution in [1.82, 2.24) is 10.6 Å². The van der Waals surface area contributed by atoms with Crippen LogP contribution in [-0.4, -0.2) is 47.0 Å². The number of ether oxygens (including phenoxy) is 3. The molecule has 0 unspecified atom stereocenters. The summed E-state index contributed by atoms with van der Waals surface area (Å²) in [6.45, 7) is 8.47. The standard InChI is InChI=1S/C18H29N3O3.HI/c1-6-8-15-11-14(12-16(22-4)17(15)23-5)13-21-18(19-3)20-9-10-24-7-2;/h6,11-12H,1,7-10,13H2,2-5H3,(H2,19,20,21);1H. The molecule has 0 heterocycles. The van der Waals surface area contributed by atoms with Crippen molar-refractivity contribution in [3.63, 3.8) is 0 Å². The summed E-state index contributed by atoms with van der Waals surface area (Å²) in [6.07, 6.45) is 2.57. The highest BCUT2D eigenvalue weighted by molar-refractivity contribution is 14.0. The van der Waals surface area contributed by atoms with Gasteiger partial charge in [-0.25, -0.2) is 0 Å². The number of hydrogen-bond acceptors (Lipinski definition) is 4. The Labute approximate surface area is 168 Å². The molecule has 0 aliphatic heterocycles. The van der Waals surface area contributed by atoms with Crippen molar-refractivity contribution in [3.05, 3.63) is 35.9 Å². The normalized spacial score (nSPS) is 10.6.